The Bertz CT molecular complexity index is 1290. The zero-order valence-electron chi connectivity index (χ0n) is 15.6. The highest BCUT2D eigenvalue weighted by atomic mass is 35.5. The highest BCUT2D eigenvalue weighted by molar-refractivity contribution is 6.31. The van der Waals surface area contributed by atoms with Crippen LogP contribution >= 0.6 is 11.6 Å². The maximum Gasteiger partial charge on any atom is 0.259 e. The van der Waals surface area contributed by atoms with Crippen LogP contribution in [-0.4, -0.2) is 25.4 Å². The molecule has 7 heteroatoms. The fourth-order valence-corrected chi connectivity index (χ4v) is 3.48. The molecule has 6 nitrogen and oxygen atoms in total. The molecule has 0 saturated carbocycles. The minimum Gasteiger partial charge on any atom is -0.507 e. The van der Waals surface area contributed by atoms with Gasteiger partial charge in [0.25, 0.3) is 5.56 Å². The van der Waals surface area contributed by atoms with Crippen molar-refractivity contribution in [3.8, 4) is 17.3 Å². The number of carbonyl (C=O) groups is 1. The Balaban J connectivity index is 1.86. The molecule has 0 saturated heterocycles. The van der Waals surface area contributed by atoms with Crippen molar-refractivity contribution in [2.75, 3.05) is 0 Å². The molecule has 0 amide bonds. The normalized spacial score (nSPS) is 11.1. The van der Waals surface area contributed by atoms with Gasteiger partial charge in [0, 0.05) is 23.3 Å². The number of phenols is 1. The Labute approximate surface area is 171 Å². The Morgan fingerprint density at radius 1 is 1.21 bits per heavy atom. The first kappa shape index (κ1) is 19.0. The van der Waals surface area contributed by atoms with Crippen LogP contribution in [0, 0.1) is 0 Å². The molecule has 2 N–H and O–H groups in total. The van der Waals surface area contributed by atoms with Crippen LogP contribution in [-0.2, 0) is 6.54 Å². The van der Waals surface area contributed by atoms with Crippen LogP contribution in [0.15, 0.2) is 59.5 Å². The minimum atomic E-state index is -0.301. The van der Waals surface area contributed by atoms with Crippen LogP contribution < -0.4 is 5.56 Å². The number of fused-ring (bicyclic) bond motifs is 1. The van der Waals surface area contributed by atoms with E-state index < -0.39 is 0 Å². The number of para-hydroxylation sites is 1. The highest BCUT2D eigenvalue weighted by Crippen LogP contribution is 2.26. The number of rotatable bonds is 5. The fraction of sp³-hybridized carbons (Fsp3) is 0.136. The highest BCUT2D eigenvalue weighted by Gasteiger charge is 2.19. The van der Waals surface area contributed by atoms with Gasteiger partial charge in [-0.2, -0.15) is 0 Å². The van der Waals surface area contributed by atoms with Crippen molar-refractivity contribution in [1.29, 1.82) is 0 Å². The van der Waals surface area contributed by atoms with E-state index >= 15 is 0 Å². The van der Waals surface area contributed by atoms with Crippen molar-refractivity contribution < 1.29 is 9.90 Å². The lowest BCUT2D eigenvalue weighted by Gasteiger charge is -2.08. The van der Waals surface area contributed by atoms with E-state index in [1.165, 1.54) is 6.07 Å². The maximum atomic E-state index is 12.9. The van der Waals surface area contributed by atoms with Crippen molar-refractivity contribution in [2.45, 2.75) is 19.9 Å². The van der Waals surface area contributed by atoms with Crippen LogP contribution in [0.25, 0.3) is 22.4 Å². The molecule has 0 aliphatic heterocycles. The summed E-state index contributed by atoms with van der Waals surface area (Å²) in [5.41, 5.74) is 1.45. The monoisotopic (exact) mass is 407 g/mol. The molecule has 29 heavy (non-hydrogen) atoms. The largest absolute Gasteiger partial charge is 0.507 e. The van der Waals surface area contributed by atoms with Gasteiger partial charge in [-0.1, -0.05) is 30.7 Å². The molecule has 0 fully saturated rings. The summed E-state index contributed by atoms with van der Waals surface area (Å²) < 4.78 is 1.88. The number of phenolic OH excluding ortho intramolecular Hbond substituents is 1. The van der Waals surface area contributed by atoms with Crippen LogP contribution in [0.5, 0.6) is 5.75 Å². The van der Waals surface area contributed by atoms with E-state index in [0.29, 0.717) is 39.6 Å². The van der Waals surface area contributed by atoms with Gasteiger partial charge >= 0.3 is 0 Å². The Morgan fingerprint density at radius 3 is 2.76 bits per heavy atom. The number of hydrogen-bond donors (Lipinski definition) is 2. The molecule has 0 radical (unpaired) electrons. The number of aromatic nitrogens is 3. The number of ketones is 1. The Kier molecular flexibility index (Phi) is 4.94. The number of nitrogens with one attached hydrogen (secondary N) is 1. The van der Waals surface area contributed by atoms with Gasteiger partial charge in [-0.25, -0.2) is 4.98 Å². The van der Waals surface area contributed by atoms with Crippen LogP contribution in [0.4, 0.5) is 0 Å². The van der Waals surface area contributed by atoms with E-state index in [4.69, 9.17) is 11.6 Å². The molecule has 4 aromatic rings. The predicted molar refractivity (Wildman–Crippen MR) is 113 cm³/mol. The molecule has 0 atom stereocenters. The third kappa shape index (κ3) is 3.54. The van der Waals surface area contributed by atoms with Crippen molar-refractivity contribution in [3.63, 3.8) is 0 Å². The van der Waals surface area contributed by atoms with E-state index in [-0.39, 0.29) is 22.7 Å². The lowest BCUT2D eigenvalue weighted by Crippen LogP contribution is -2.11. The zero-order chi connectivity index (χ0) is 20.5. The number of benzene rings is 2. The van der Waals surface area contributed by atoms with Crippen molar-refractivity contribution in [2.24, 2.45) is 0 Å². The number of H-pyrrole nitrogens is 1. The van der Waals surface area contributed by atoms with Gasteiger partial charge in [-0.05, 0) is 42.8 Å². The second-order valence-electron chi connectivity index (χ2n) is 6.73. The van der Waals surface area contributed by atoms with E-state index in [0.717, 1.165) is 6.42 Å². The maximum absolute atomic E-state index is 12.9. The summed E-state index contributed by atoms with van der Waals surface area (Å²) in [5, 5.41) is 10.9. The lowest BCUT2D eigenvalue weighted by atomic mass is 10.0. The number of aryl methyl sites for hydroxylation is 1. The average molecular weight is 408 g/mol. The van der Waals surface area contributed by atoms with E-state index in [2.05, 4.69) is 9.97 Å². The number of carbonyl (C=O) groups excluding carboxylic acids is 1. The zero-order valence-corrected chi connectivity index (χ0v) is 16.4. The van der Waals surface area contributed by atoms with Gasteiger partial charge in [0.2, 0.25) is 0 Å². The van der Waals surface area contributed by atoms with Crippen molar-refractivity contribution in [3.05, 3.63) is 81.2 Å². The molecule has 4 rings (SSSR count). The van der Waals surface area contributed by atoms with E-state index in [1.807, 2.05) is 11.5 Å². The molecule has 2 aromatic carbocycles. The fourth-order valence-electron chi connectivity index (χ4n) is 3.31. The van der Waals surface area contributed by atoms with Crippen LogP contribution in [0.3, 0.4) is 0 Å². The van der Waals surface area contributed by atoms with Gasteiger partial charge < -0.3 is 14.7 Å². The summed E-state index contributed by atoms with van der Waals surface area (Å²) in [6, 6.07) is 13.0. The standard InChI is InChI=1S/C22H18ClN3O3/c1-2-9-26-12-13(20(28)16-5-3-4-6-19(16)27)10-18(26)21-24-17-11-14(23)7-8-15(17)22(29)25-21/h3-8,10-12,27H,2,9H2,1H3,(H,24,25,29). The molecule has 0 spiro atoms. The second kappa shape index (κ2) is 7.56. The number of aromatic hydroxyl groups is 1. The molecular formula is C22H18ClN3O3. The van der Waals surface area contributed by atoms with Crippen LogP contribution in [0.2, 0.25) is 5.02 Å². The summed E-state index contributed by atoms with van der Waals surface area (Å²) in [6.07, 6.45) is 2.55. The number of aromatic amines is 1. The number of halogens is 1. The first-order valence-electron chi connectivity index (χ1n) is 9.20. The Morgan fingerprint density at radius 2 is 2.00 bits per heavy atom. The van der Waals surface area contributed by atoms with Gasteiger partial charge in [-0.3, -0.25) is 9.59 Å². The molecular weight excluding hydrogens is 390 g/mol. The van der Waals surface area contributed by atoms with E-state index in [9.17, 15) is 14.7 Å². The molecule has 2 aromatic heterocycles. The van der Waals surface area contributed by atoms with Crippen molar-refractivity contribution in [1.82, 2.24) is 14.5 Å². The average Bonchev–Trinajstić information content (AvgIpc) is 3.12. The first-order valence-corrected chi connectivity index (χ1v) is 9.58. The quantitative estimate of drug-likeness (QED) is 0.480. The van der Waals surface area contributed by atoms with Gasteiger partial charge in [-0.15, -0.1) is 0 Å². The Hall–Kier alpha value is -3.38. The molecule has 0 unspecified atom stereocenters. The summed E-state index contributed by atoms with van der Waals surface area (Å²) >= 11 is 6.05. The summed E-state index contributed by atoms with van der Waals surface area (Å²) in [6.45, 7) is 2.66. The van der Waals surface area contributed by atoms with Crippen LogP contribution in [0.1, 0.15) is 29.3 Å². The summed E-state index contributed by atoms with van der Waals surface area (Å²) in [5.74, 6) is -0.0193. The molecule has 2 heterocycles. The SMILES string of the molecule is CCCn1cc(C(=O)c2ccccc2O)cc1-c1nc2cc(Cl)ccc2c(=O)[nH]1. The predicted octanol–water partition coefficient (Wildman–Crippen LogP) is 4.39. The topological polar surface area (TPSA) is 88.0 Å². The molecule has 0 aliphatic rings. The summed E-state index contributed by atoms with van der Waals surface area (Å²) in [7, 11) is 0. The molecule has 0 aliphatic carbocycles. The summed E-state index contributed by atoms with van der Waals surface area (Å²) in [4.78, 5) is 32.8. The van der Waals surface area contributed by atoms with Gasteiger partial charge in [0.1, 0.15) is 5.75 Å². The third-order valence-electron chi connectivity index (χ3n) is 4.68. The molecule has 146 valence electrons. The van der Waals surface area contributed by atoms with E-state index in [1.54, 1.807) is 48.7 Å². The minimum absolute atomic E-state index is 0.0748. The van der Waals surface area contributed by atoms with Gasteiger partial charge in [0.05, 0.1) is 22.2 Å². The number of hydrogen-bond acceptors (Lipinski definition) is 4. The lowest BCUT2D eigenvalue weighted by molar-refractivity contribution is 0.103. The van der Waals surface area contributed by atoms with Gasteiger partial charge in [0.15, 0.2) is 11.6 Å². The number of nitrogens with zero attached hydrogens (tertiary/aromatic N) is 2. The molecule has 0 bridgehead atoms. The second-order valence-corrected chi connectivity index (χ2v) is 7.17. The third-order valence-corrected chi connectivity index (χ3v) is 4.92. The first-order chi connectivity index (χ1) is 14.0. The smallest absolute Gasteiger partial charge is 0.259 e. The van der Waals surface area contributed by atoms with Crippen molar-refractivity contribution >= 4 is 28.3 Å².